The quantitative estimate of drug-likeness (QED) is 0.641. The molecule has 28 heavy (non-hydrogen) atoms. The summed E-state index contributed by atoms with van der Waals surface area (Å²) >= 11 is 0. The molecule has 1 unspecified atom stereocenters. The van der Waals surface area contributed by atoms with Crippen LogP contribution in [0.25, 0.3) is 6.08 Å². The van der Waals surface area contributed by atoms with Gasteiger partial charge in [0.05, 0.1) is 12.2 Å². The molecule has 2 aromatic carbocycles. The Labute approximate surface area is 160 Å². The summed E-state index contributed by atoms with van der Waals surface area (Å²) in [5.74, 6) is -1.04. The highest BCUT2D eigenvalue weighted by molar-refractivity contribution is 5.92. The molecule has 0 fully saturated rings. The molecule has 142 valence electrons. The van der Waals surface area contributed by atoms with Gasteiger partial charge in [-0.15, -0.1) is 0 Å². The van der Waals surface area contributed by atoms with E-state index in [0.717, 1.165) is 29.8 Å². The first-order chi connectivity index (χ1) is 13.5. The van der Waals surface area contributed by atoms with Gasteiger partial charge < -0.3 is 10.1 Å². The Balaban J connectivity index is 1.65. The van der Waals surface area contributed by atoms with Crippen molar-refractivity contribution < 1.29 is 18.3 Å². The zero-order valence-electron chi connectivity index (χ0n) is 15.0. The van der Waals surface area contributed by atoms with Gasteiger partial charge >= 0.3 is 0 Å². The second-order valence-corrected chi connectivity index (χ2v) is 5.92. The van der Waals surface area contributed by atoms with E-state index >= 15 is 0 Å². The SMILES string of the molecule is CC(NC(=O)C=Cc1c(F)cccc1F)c1cccc(Oc2cnccn2)c1. The molecule has 3 rings (SSSR count). The number of carbonyl (C=O) groups excluding carboxylic acids is 1. The van der Waals surface area contributed by atoms with Crippen molar-refractivity contribution in [2.75, 3.05) is 0 Å². The van der Waals surface area contributed by atoms with Crippen molar-refractivity contribution in [2.45, 2.75) is 13.0 Å². The summed E-state index contributed by atoms with van der Waals surface area (Å²) in [7, 11) is 0. The number of ether oxygens (including phenoxy) is 1. The highest BCUT2D eigenvalue weighted by Crippen LogP contribution is 2.23. The first kappa shape index (κ1) is 19.2. The molecule has 3 aromatic rings. The molecule has 0 saturated heterocycles. The third-order valence-electron chi connectivity index (χ3n) is 3.88. The van der Waals surface area contributed by atoms with Crippen molar-refractivity contribution >= 4 is 12.0 Å². The topological polar surface area (TPSA) is 64.1 Å². The lowest BCUT2D eigenvalue weighted by Crippen LogP contribution is -2.24. The van der Waals surface area contributed by atoms with Crippen molar-refractivity contribution in [3.8, 4) is 11.6 Å². The molecule has 0 bridgehead atoms. The van der Waals surface area contributed by atoms with Gasteiger partial charge in [0.25, 0.3) is 0 Å². The molecular weight excluding hydrogens is 364 g/mol. The average molecular weight is 381 g/mol. The fraction of sp³-hybridized carbons (Fsp3) is 0.0952. The van der Waals surface area contributed by atoms with E-state index in [4.69, 9.17) is 4.74 Å². The predicted molar refractivity (Wildman–Crippen MR) is 100 cm³/mol. The van der Waals surface area contributed by atoms with Gasteiger partial charge in [-0.3, -0.25) is 9.78 Å². The summed E-state index contributed by atoms with van der Waals surface area (Å²) in [5, 5.41) is 2.74. The zero-order chi connectivity index (χ0) is 19.9. The van der Waals surface area contributed by atoms with Crippen LogP contribution in [0.5, 0.6) is 11.6 Å². The van der Waals surface area contributed by atoms with E-state index in [-0.39, 0.29) is 11.6 Å². The molecule has 0 aliphatic carbocycles. The van der Waals surface area contributed by atoms with Crippen LogP contribution in [0, 0.1) is 11.6 Å². The normalized spacial score (nSPS) is 12.0. The molecule has 1 heterocycles. The first-order valence-electron chi connectivity index (χ1n) is 8.49. The lowest BCUT2D eigenvalue weighted by molar-refractivity contribution is -0.117. The van der Waals surface area contributed by atoms with Gasteiger partial charge in [0.1, 0.15) is 17.4 Å². The molecule has 1 atom stereocenters. The Kier molecular flexibility index (Phi) is 6.06. The molecular formula is C21H17F2N3O2. The second-order valence-electron chi connectivity index (χ2n) is 5.92. The molecule has 5 nitrogen and oxygen atoms in total. The number of rotatable bonds is 6. The van der Waals surface area contributed by atoms with Crippen LogP contribution in [0.2, 0.25) is 0 Å². The molecule has 1 N–H and O–H groups in total. The largest absolute Gasteiger partial charge is 0.437 e. The van der Waals surface area contributed by atoms with E-state index in [1.165, 1.54) is 18.5 Å². The van der Waals surface area contributed by atoms with E-state index in [2.05, 4.69) is 15.3 Å². The molecule has 1 aromatic heterocycles. The molecule has 0 spiro atoms. The number of amides is 1. The summed E-state index contributed by atoms with van der Waals surface area (Å²) in [6.07, 6.45) is 6.76. The minimum Gasteiger partial charge on any atom is -0.437 e. The third kappa shape index (κ3) is 4.97. The Morgan fingerprint density at radius 3 is 2.61 bits per heavy atom. The van der Waals surface area contributed by atoms with Crippen LogP contribution in [0.4, 0.5) is 8.78 Å². The maximum atomic E-state index is 13.6. The van der Waals surface area contributed by atoms with Crippen molar-refractivity contribution in [3.63, 3.8) is 0 Å². The van der Waals surface area contributed by atoms with Gasteiger partial charge in [-0.1, -0.05) is 18.2 Å². The third-order valence-corrected chi connectivity index (χ3v) is 3.88. The lowest BCUT2D eigenvalue weighted by Gasteiger charge is -2.14. The number of hydrogen-bond acceptors (Lipinski definition) is 4. The van der Waals surface area contributed by atoms with Gasteiger partial charge in [-0.25, -0.2) is 13.8 Å². The number of aromatic nitrogens is 2. The second kappa shape index (κ2) is 8.85. The fourth-order valence-corrected chi connectivity index (χ4v) is 2.48. The molecule has 1 amide bonds. The number of benzene rings is 2. The predicted octanol–water partition coefficient (Wildman–Crippen LogP) is 4.44. The highest BCUT2D eigenvalue weighted by Gasteiger charge is 2.10. The van der Waals surface area contributed by atoms with Crippen molar-refractivity contribution in [1.82, 2.24) is 15.3 Å². The number of nitrogens with one attached hydrogen (secondary N) is 1. The van der Waals surface area contributed by atoms with Crippen LogP contribution in [0.3, 0.4) is 0 Å². The summed E-state index contributed by atoms with van der Waals surface area (Å²) in [6.45, 7) is 1.79. The monoisotopic (exact) mass is 381 g/mol. The van der Waals surface area contributed by atoms with Crippen LogP contribution in [-0.2, 0) is 4.79 Å². The number of halogens is 2. The van der Waals surface area contributed by atoms with E-state index in [0.29, 0.717) is 11.6 Å². The maximum Gasteiger partial charge on any atom is 0.244 e. The number of nitrogens with zero attached hydrogens (tertiary/aromatic N) is 2. The first-order valence-corrected chi connectivity index (χ1v) is 8.49. The smallest absolute Gasteiger partial charge is 0.244 e. The molecule has 0 radical (unpaired) electrons. The van der Waals surface area contributed by atoms with E-state index in [9.17, 15) is 13.6 Å². The molecule has 0 aliphatic heterocycles. The minimum absolute atomic E-state index is 0.260. The van der Waals surface area contributed by atoms with Crippen LogP contribution < -0.4 is 10.1 Å². The van der Waals surface area contributed by atoms with Crippen molar-refractivity contribution in [1.29, 1.82) is 0 Å². The van der Waals surface area contributed by atoms with Gasteiger partial charge in [0.15, 0.2) is 0 Å². The van der Waals surface area contributed by atoms with Gasteiger partial charge in [-0.05, 0) is 42.8 Å². The van der Waals surface area contributed by atoms with Crippen LogP contribution in [0.15, 0.2) is 67.1 Å². The van der Waals surface area contributed by atoms with E-state index < -0.39 is 17.5 Å². The van der Waals surface area contributed by atoms with E-state index in [1.54, 1.807) is 31.3 Å². The summed E-state index contributed by atoms with van der Waals surface area (Å²) in [5.41, 5.74) is 0.532. The zero-order valence-corrected chi connectivity index (χ0v) is 15.0. The van der Waals surface area contributed by atoms with Gasteiger partial charge in [0.2, 0.25) is 11.8 Å². The molecule has 0 aliphatic rings. The van der Waals surface area contributed by atoms with E-state index in [1.807, 2.05) is 6.07 Å². The fourth-order valence-electron chi connectivity index (χ4n) is 2.48. The average Bonchev–Trinajstić information content (AvgIpc) is 2.68. The Morgan fingerprint density at radius 2 is 1.89 bits per heavy atom. The number of carbonyl (C=O) groups is 1. The van der Waals surface area contributed by atoms with Gasteiger partial charge in [-0.2, -0.15) is 0 Å². The van der Waals surface area contributed by atoms with Crippen LogP contribution >= 0.6 is 0 Å². The van der Waals surface area contributed by atoms with Crippen LogP contribution in [0.1, 0.15) is 24.1 Å². The molecule has 0 saturated carbocycles. The number of hydrogen-bond donors (Lipinski definition) is 1. The van der Waals surface area contributed by atoms with Gasteiger partial charge in [0, 0.05) is 24.0 Å². The Morgan fingerprint density at radius 1 is 1.14 bits per heavy atom. The lowest BCUT2D eigenvalue weighted by atomic mass is 10.1. The molecule has 7 heteroatoms. The standard InChI is InChI=1S/C21H17F2N3O2/c1-14(26-20(27)9-8-17-18(22)6-3-7-19(17)23)15-4-2-5-16(12-15)28-21-13-24-10-11-25-21/h2-14H,1H3,(H,26,27). The summed E-state index contributed by atoms with van der Waals surface area (Å²) < 4.78 is 32.8. The summed E-state index contributed by atoms with van der Waals surface area (Å²) in [6, 6.07) is 10.3. The summed E-state index contributed by atoms with van der Waals surface area (Å²) in [4.78, 5) is 20.1. The minimum atomic E-state index is -0.731. The Bertz CT molecular complexity index is 974. The maximum absolute atomic E-state index is 13.6. The van der Waals surface area contributed by atoms with Crippen LogP contribution in [-0.4, -0.2) is 15.9 Å². The Hall–Kier alpha value is -3.61. The van der Waals surface area contributed by atoms with Crippen molar-refractivity contribution in [3.05, 3.63) is 89.9 Å². The highest BCUT2D eigenvalue weighted by atomic mass is 19.1. The van der Waals surface area contributed by atoms with Crippen molar-refractivity contribution in [2.24, 2.45) is 0 Å².